The highest BCUT2D eigenvalue weighted by molar-refractivity contribution is 5.55. The molecule has 2 rings (SSSR count). The summed E-state index contributed by atoms with van der Waals surface area (Å²) in [6.45, 7) is 10.3. The third-order valence-electron chi connectivity index (χ3n) is 3.87. The van der Waals surface area contributed by atoms with Gasteiger partial charge in [-0.3, -0.25) is 0 Å². The van der Waals surface area contributed by atoms with Crippen LogP contribution < -0.4 is 10.2 Å². The highest BCUT2D eigenvalue weighted by Gasteiger charge is 2.28. The quantitative estimate of drug-likeness (QED) is 0.894. The number of hydrogen-bond acceptors (Lipinski definition) is 2. The van der Waals surface area contributed by atoms with E-state index >= 15 is 0 Å². The summed E-state index contributed by atoms with van der Waals surface area (Å²) in [4.78, 5) is 2.35. The van der Waals surface area contributed by atoms with Crippen LogP contribution in [0.5, 0.6) is 0 Å². The van der Waals surface area contributed by atoms with Crippen molar-refractivity contribution >= 4 is 5.69 Å². The third kappa shape index (κ3) is 3.27. The molecule has 0 radical (unpaired) electrons. The Bertz CT molecular complexity index is 431. The lowest BCUT2D eigenvalue weighted by Gasteiger charge is -2.27. The van der Waals surface area contributed by atoms with Gasteiger partial charge >= 0.3 is 0 Å². The monoisotopic (exact) mass is 264 g/mol. The molecule has 0 aromatic heterocycles. The number of nitrogens with zero attached hydrogens (tertiary/aromatic N) is 1. The molecule has 1 fully saturated rings. The van der Waals surface area contributed by atoms with Crippen molar-refractivity contribution in [3.63, 3.8) is 0 Å². The van der Waals surface area contributed by atoms with Crippen LogP contribution in [0.2, 0.25) is 0 Å². The first-order chi connectivity index (χ1) is 8.99. The highest BCUT2D eigenvalue weighted by Crippen LogP contribution is 2.32. The first-order valence-corrected chi connectivity index (χ1v) is 7.26. The summed E-state index contributed by atoms with van der Waals surface area (Å²) in [7, 11) is 0. The fraction of sp³-hybridized carbons (Fsp3) is 0.625. The van der Waals surface area contributed by atoms with Crippen LogP contribution >= 0.6 is 0 Å². The van der Waals surface area contributed by atoms with Gasteiger partial charge in [0, 0.05) is 36.4 Å². The Balaban J connectivity index is 2.26. The molecule has 1 aromatic carbocycles. The summed E-state index contributed by atoms with van der Waals surface area (Å²) in [5.74, 6) is 0.585. The van der Waals surface area contributed by atoms with Gasteiger partial charge in [-0.15, -0.1) is 0 Å². The lowest BCUT2D eigenvalue weighted by atomic mass is 10.1. The fourth-order valence-corrected chi connectivity index (χ4v) is 2.93. The Labute approximate surface area is 116 Å². The zero-order chi connectivity index (χ0) is 14.0. The first kappa shape index (κ1) is 14.3. The van der Waals surface area contributed by atoms with Gasteiger partial charge in [0.25, 0.3) is 0 Å². The molecule has 1 aliphatic rings. The number of hydrogen-bond donors (Lipinski definition) is 1. The summed E-state index contributed by atoms with van der Waals surface area (Å²) in [5.41, 5.74) is 1.86. The predicted molar refractivity (Wildman–Crippen MR) is 79.0 cm³/mol. The smallest absolute Gasteiger partial charge is 0.129 e. The lowest BCUT2D eigenvalue weighted by Crippen LogP contribution is -2.30. The van der Waals surface area contributed by atoms with E-state index in [1.807, 2.05) is 6.07 Å². The number of rotatable bonds is 4. The molecule has 0 saturated carbocycles. The molecule has 0 aliphatic carbocycles. The molecule has 0 bridgehead atoms. The van der Waals surface area contributed by atoms with E-state index in [-0.39, 0.29) is 5.82 Å². The Morgan fingerprint density at radius 3 is 2.68 bits per heavy atom. The Morgan fingerprint density at radius 1 is 1.37 bits per heavy atom. The van der Waals surface area contributed by atoms with E-state index in [1.165, 1.54) is 6.42 Å². The van der Waals surface area contributed by atoms with Crippen molar-refractivity contribution in [3.05, 3.63) is 29.6 Å². The lowest BCUT2D eigenvalue weighted by molar-refractivity contribution is 0.551. The molecule has 1 N–H and O–H groups in total. The average molecular weight is 264 g/mol. The van der Waals surface area contributed by atoms with E-state index in [2.05, 4.69) is 44.0 Å². The van der Waals surface area contributed by atoms with E-state index in [9.17, 15) is 4.39 Å². The molecule has 1 aromatic rings. The highest BCUT2D eigenvalue weighted by atomic mass is 19.1. The van der Waals surface area contributed by atoms with Crippen LogP contribution in [-0.2, 0) is 6.54 Å². The van der Waals surface area contributed by atoms with Gasteiger partial charge in [-0.25, -0.2) is 4.39 Å². The molecule has 1 saturated heterocycles. The molecule has 0 amide bonds. The molecule has 19 heavy (non-hydrogen) atoms. The average Bonchev–Trinajstić information content (AvgIpc) is 2.66. The van der Waals surface area contributed by atoms with E-state index < -0.39 is 0 Å². The van der Waals surface area contributed by atoms with Gasteiger partial charge in [0.2, 0.25) is 0 Å². The van der Waals surface area contributed by atoms with Crippen molar-refractivity contribution in [2.24, 2.45) is 5.92 Å². The molecule has 2 atom stereocenters. The van der Waals surface area contributed by atoms with Crippen LogP contribution in [0.1, 0.15) is 39.7 Å². The second-order valence-electron chi connectivity index (χ2n) is 6.12. The van der Waals surface area contributed by atoms with Crippen LogP contribution in [0.3, 0.4) is 0 Å². The molecule has 106 valence electrons. The Morgan fingerprint density at radius 2 is 2.11 bits per heavy atom. The zero-order valence-corrected chi connectivity index (χ0v) is 12.4. The Hall–Kier alpha value is -1.09. The molecule has 3 heteroatoms. The van der Waals surface area contributed by atoms with E-state index in [0.717, 1.165) is 17.8 Å². The molecule has 2 unspecified atom stereocenters. The molecular formula is C16H25FN2. The van der Waals surface area contributed by atoms with Crippen LogP contribution in [0.15, 0.2) is 18.2 Å². The zero-order valence-electron chi connectivity index (χ0n) is 12.4. The number of nitrogens with one attached hydrogen (secondary N) is 1. The van der Waals surface area contributed by atoms with Crippen LogP contribution in [0.25, 0.3) is 0 Å². The maximum absolute atomic E-state index is 14.1. The molecule has 1 heterocycles. The van der Waals surface area contributed by atoms with Crippen molar-refractivity contribution in [2.75, 3.05) is 11.4 Å². The Kier molecular flexibility index (Phi) is 4.46. The number of halogens is 1. The number of benzene rings is 1. The summed E-state index contributed by atoms with van der Waals surface area (Å²) >= 11 is 0. The summed E-state index contributed by atoms with van der Waals surface area (Å²) in [6, 6.07) is 6.29. The molecule has 2 nitrogen and oxygen atoms in total. The van der Waals surface area contributed by atoms with Crippen molar-refractivity contribution in [3.8, 4) is 0 Å². The largest absolute Gasteiger partial charge is 0.368 e. The van der Waals surface area contributed by atoms with Gasteiger partial charge < -0.3 is 10.2 Å². The van der Waals surface area contributed by atoms with Crippen molar-refractivity contribution in [2.45, 2.75) is 52.7 Å². The second-order valence-corrected chi connectivity index (χ2v) is 6.12. The number of anilines is 1. The van der Waals surface area contributed by atoms with Crippen LogP contribution in [0.4, 0.5) is 10.1 Å². The predicted octanol–water partition coefficient (Wildman–Crippen LogP) is 3.56. The summed E-state index contributed by atoms with van der Waals surface area (Å²) < 4.78 is 14.1. The van der Waals surface area contributed by atoms with Gasteiger partial charge in [0.1, 0.15) is 5.82 Å². The normalized spacial score (nSPS) is 23.4. The minimum Gasteiger partial charge on any atom is -0.368 e. The topological polar surface area (TPSA) is 15.3 Å². The van der Waals surface area contributed by atoms with E-state index in [0.29, 0.717) is 24.5 Å². The van der Waals surface area contributed by atoms with E-state index in [1.54, 1.807) is 6.07 Å². The molecule has 0 spiro atoms. The molecular weight excluding hydrogens is 239 g/mol. The first-order valence-electron chi connectivity index (χ1n) is 7.26. The third-order valence-corrected chi connectivity index (χ3v) is 3.87. The van der Waals surface area contributed by atoms with Gasteiger partial charge in [0.15, 0.2) is 0 Å². The van der Waals surface area contributed by atoms with Crippen molar-refractivity contribution in [1.82, 2.24) is 5.32 Å². The standard InChI is InChI=1S/C16H25FN2/c1-11(2)18-9-14-15(17)6-5-7-16(14)19-10-12(3)8-13(19)4/h5-7,11-13,18H,8-10H2,1-4H3. The van der Waals surface area contributed by atoms with E-state index in [4.69, 9.17) is 0 Å². The maximum Gasteiger partial charge on any atom is 0.129 e. The van der Waals surface area contributed by atoms with Gasteiger partial charge in [-0.1, -0.05) is 26.8 Å². The maximum atomic E-state index is 14.1. The summed E-state index contributed by atoms with van der Waals surface area (Å²) in [6.07, 6.45) is 1.19. The van der Waals surface area contributed by atoms with Crippen LogP contribution in [0, 0.1) is 11.7 Å². The van der Waals surface area contributed by atoms with Crippen molar-refractivity contribution in [1.29, 1.82) is 0 Å². The van der Waals surface area contributed by atoms with Gasteiger partial charge in [-0.05, 0) is 31.4 Å². The fourth-order valence-electron chi connectivity index (χ4n) is 2.93. The van der Waals surface area contributed by atoms with Gasteiger partial charge in [0.05, 0.1) is 0 Å². The minimum absolute atomic E-state index is 0.0996. The summed E-state index contributed by atoms with van der Waals surface area (Å²) in [5, 5.41) is 3.33. The van der Waals surface area contributed by atoms with Crippen LogP contribution in [-0.4, -0.2) is 18.6 Å². The van der Waals surface area contributed by atoms with Crippen molar-refractivity contribution < 1.29 is 4.39 Å². The SMILES string of the molecule is CC1CC(C)N(c2cccc(F)c2CNC(C)C)C1. The molecule has 1 aliphatic heterocycles. The second kappa shape index (κ2) is 5.91. The van der Waals surface area contributed by atoms with Gasteiger partial charge in [-0.2, -0.15) is 0 Å². The minimum atomic E-state index is -0.0996.